The fourth-order valence-corrected chi connectivity index (χ4v) is 3.93. The predicted molar refractivity (Wildman–Crippen MR) is 107 cm³/mol. The highest BCUT2D eigenvalue weighted by Crippen LogP contribution is 2.29. The molecule has 7 heteroatoms. The first-order valence-electron chi connectivity index (χ1n) is 9.06. The van der Waals surface area contributed by atoms with Gasteiger partial charge in [0.05, 0.1) is 32.6 Å². The lowest BCUT2D eigenvalue weighted by Gasteiger charge is -2.24. The van der Waals surface area contributed by atoms with Gasteiger partial charge in [-0.2, -0.15) is 0 Å². The van der Waals surface area contributed by atoms with E-state index in [9.17, 15) is 4.79 Å². The summed E-state index contributed by atoms with van der Waals surface area (Å²) >= 11 is 1.70. The van der Waals surface area contributed by atoms with Crippen LogP contribution in [0.25, 0.3) is 0 Å². The maximum atomic E-state index is 12.7. The molecule has 2 heterocycles. The molecule has 1 aromatic carbocycles. The summed E-state index contributed by atoms with van der Waals surface area (Å²) in [6.07, 6.45) is 2.33. The van der Waals surface area contributed by atoms with Gasteiger partial charge in [-0.25, -0.2) is 0 Å². The molecule has 0 bridgehead atoms. The van der Waals surface area contributed by atoms with Crippen molar-refractivity contribution in [1.29, 1.82) is 0 Å². The number of hydrogen-bond acceptors (Lipinski definition) is 6. The van der Waals surface area contributed by atoms with E-state index in [0.717, 1.165) is 32.5 Å². The fraction of sp³-hybridized carbons (Fsp3) is 0.450. The molecule has 0 unspecified atom stereocenters. The average molecular weight is 391 g/mol. The lowest BCUT2D eigenvalue weighted by molar-refractivity contribution is -0.117. The summed E-state index contributed by atoms with van der Waals surface area (Å²) in [6.45, 7) is 2.59. The van der Waals surface area contributed by atoms with Gasteiger partial charge in [-0.15, -0.1) is 11.3 Å². The molecule has 1 aromatic heterocycles. The van der Waals surface area contributed by atoms with Gasteiger partial charge in [-0.05, 0) is 36.4 Å². The van der Waals surface area contributed by atoms with E-state index in [-0.39, 0.29) is 18.6 Å². The van der Waals surface area contributed by atoms with Crippen LogP contribution in [0.2, 0.25) is 0 Å². The third-order valence-corrected chi connectivity index (χ3v) is 5.35. The summed E-state index contributed by atoms with van der Waals surface area (Å²) in [7, 11) is 3.18. The zero-order chi connectivity index (χ0) is 19.1. The van der Waals surface area contributed by atoms with Crippen molar-refractivity contribution in [3.05, 3.63) is 40.6 Å². The Bertz CT molecular complexity index is 730. The van der Waals surface area contributed by atoms with Crippen molar-refractivity contribution < 1.29 is 19.0 Å². The van der Waals surface area contributed by atoms with Crippen molar-refractivity contribution in [3.8, 4) is 11.5 Å². The molecule has 0 radical (unpaired) electrons. The second kappa shape index (κ2) is 9.73. The highest BCUT2D eigenvalue weighted by Gasteiger charge is 2.22. The first-order valence-corrected chi connectivity index (χ1v) is 9.94. The second-order valence-electron chi connectivity index (χ2n) is 6.50. The number of carbonyl (C=O) groups is 1. The van der Waals surface area contributed by atoms with Crippen LogP contribution in [0.5, 0.6) is 11.5 Å². The highest BCUT2D eigenvalue weighted by atomic mass is 32.1. The first-order chi connectivity index (χ1) is 13.2. The number of thiophene rings is 1. The minimum Gasteiger partial charge on any atom is -0.497 e. The van der Waals surface area contributed by atoms with Gasteiger partial charge in [0.2, 0.25) is 5.91 Å². The largest absolute Gasteiger partial charge is 0.497 e. The Morgan fingerprint density at radius 3 is 2.89 bits per heavy atom. The van der Waals surface area contributed by atoms with E-state index in [4.69, 9.17) is 14.2 Å². The molecule has 2 aromatic rings. The minimum absolute atomic E-state index is 0.0869. The Morgan fingerprint density at radius 2 is 2.22 bits per heavy atom. The number of benzene rings is 1. The number of hydrogen-bond donors (Lipinski definition) is 1. The highest BCUT2D eigenvalue weighted by molar-refractivity contribution is 7.09. The average Bonchev–Trinajstić information content (AvgIpc) is 3.35. The Hall–Kier alpha value is -2.09. The van der Waals surface area contributed by atoms with E-state index in [2.05, 4.69) is 21.7 Å². The zero-order valence-electron chi connectivity index (χ0n) is 15.8. The third kappa shape index (κ3) is 5.69. The Labute approximate surface area is 164 Å². The molecule has 1 N–H and O–H groups in total. The first kappa shape index (κ1) is 19.7. The van der Waals surface area contributed by atoms with E-state index < -0.39 is 0 Å². The summed E-state index contributed by atoms with van der Waals surface area (Å²) in [4.78, 5) is 16.1. The molecule has 27 heavy (non-hydrogen) atoms. The number of nitrogens with zero attached hydrogens (tertiary/aromatic N) is 1. The Balaban J connectivity index is 1.66. The minimum atomic E-state index is -0.0869. The van der Waals surface area contributed by atoms with E-state index in [1.54, 1.807) is 43.8 Å². The number of amides is 1. The summed E-state index contributed by atoms with van der Waals surface area (Å²) in [5.74, 6) is 1.19. The topological polar surface area (TPSA) is 60.0 Å². The maximum absolute atomic E-state index is 12.7. The molecule has 1 fully saturated rings. The third-order valence-electron chi connectivity index (χ3n) is 4.49. The molecule has 146 valence electrons. The van der Waals surface area contributed by atoms with Gasteiger partial charge < -0.3 is 19.5 Å². The van der Waals surface area contributed by atoms with E-state index >= 15 is 0 Å². The van der Waals surface area contributed by atoms with Gasteiger partial charge in [0.15, 0.2) is 0 Å². The SMILES string of the molecule is COc1ccc(OC)c(NC(=O)CN(Cc2cccs2)C[C@H]2CCCO2)c1. The smallest absolute Gasteiger partial charge is 0.238 e. The summed E-state index contributed by atoms with van der Waals surface area (Å²) < 4.78 is 16.3. The van der Waals surface area contributed by atoms with Gasteiger partial charge >= 0.3 is 0 Å². The van der Waals surface area contributed by atoms with Crippen molar-refractivity contribution in [2.24, 2.45) is 0 Å². The number of carbonyl (C=O) groups excluding carboxylic acids is 1. The summed E-state index contributed by atoms with van der Waals surface area (Å²) in [5.41, 5.74) is 0.607. The molecule has 1 saturated heterocycles. The zero-order valence-corrected chi connectivity index (χ0v) is 16.6. The van der Waals surface area contributed by atoms with Gasteiger partial charge in [-0.1, -0.05) is 6.07 Å². The normalized spacial score (nSPS) is 16.5. The molecule has 0 aliphatic carbocycles. The molecular formula is C20H26N2O4S. The van der Waals surface area contributed by atoms with Crippen LogP contribution < -0.4 is 14.8 Å². The van der Waals surface area contributed by atoms with Crippen molar-refractivity contribution in [1.82, 2.24) is 4.90 Å². The van der Waals surface area contributed by atoms with Crippen LogP contribution >= 0.6 is 11.3 Å². The van der Waals surface area contributed by atoms with Crippen LogP contribution in [0, 0.1) is 0 Å². The predicted octanol–water partition coefficient (Wildman–Crippen LogP) is 3.39. The van der Waals surface area contributed by atoms with Crippen molar-refractivity contribution in [2.75, 3.05) is 39.2 Å². The number of ether oxygens (including phenoxy) is 3. The molecule has 1 aliphatic rings. The van der Waals surface area contributed by atoms with Crippen LogP contribution in [-0.4, -0.2) is 50.8 Å². The van der Waals surface area contributed by atoms with Crippen LogP contribution in [0.4, 0.5) is 5.69 Å². The van der Waals surface area contributed by atoms with Crippen LogP contribution in [-0.2, 0) is 16.1 Å². The van der Waals surface area contributed by atoms with E-state index in [0.29, 0.717) is 17.2 Å². The second-order valence-corrected chi connectivity index (χ2v) is 7.53. The monoisotopic (exact) mass is 390 g/mol. The van der Waals surface area contributed by atoms with Crippen molar-refractivity contribution in [2.45, 2.75) is 25.5 Å². The van der Waals surface area contributed by atoms with E-state index in [1.807, 2.05) is 6.07 Å². The van der Waals surface area contributed by atoms with E-state index in [1.165, 1.54) is 4.88 Å². The van der Waals surface area contributed by atoms with Gasteiger partial charge in [0.1, 0.15) is 11.5 Å². The molecule has 6 nitrogen and oxygen atoms in total. The van der Waals surface area contributed by atoms with Gasteiger partial charge in [0.25, 0.3) is 0 Å². The van der Waals surface area contributed by atoms with Gasteiger partial charge in [-0.3, -0.25) is 9.69 Å². The molecule has 1 aliphatic heterocycles. The lowest BCUT2D eigenvalue weighted by atomic mass is 10.2. The molecule has 1 amide bonds. The lowest BCUT2D eigenvalue weighted by Crippen LogP contribution is -2.37. The Kier molecular flexibility index (Phi) is 7.09. The number of methoxy groups -OCH3 is 2. The summed E-state index contributed by atoms with van der Waals surface area (Å²) in [6, 6.07) is 9.47. The molecule has 0 saturated carbocycles. The molecule has 0 spiro atoms. The van der Waals surface area contributed by atoms with Crippen LogP contribution in [0.3, 0.4) is 0 Å². The fourth-order valence-electron chi connectivity index (χ4n) is 3.19. The molecule has 3 rings (SSSR count). The molecular weight excluding hydrogens is 364 g/mol. The van der Waals surface area contributed by atoms with Crippen LogP contribution in [0.15, 0.2) is 35.7 Å². The van der Waals surface area contributed by atoms with Crippen molar-refractivity contribution >= 4 is 22.9 Å². The number of anilines is 1. The number of nitrogens with one attached hydrogen (secondary N) is 1. The molecule has 1 atom stereocenters. The quantitative estimate of drug-likeness (QED) is 0.711. The van der Waals surface area contributed by atoms with Crippen molar-refractivity contribution in [3.63, 3.8) is 0 Å². The summed E-state index contributed by atoms with van der Waals surface area (Å²) in [5, 5.41) is 5.00. The van der Waals surface area contributed by atoms with Crippen LogP contribution in [0.1, 0.15) is 17.7 Å². The van der Waals surface area contributed by atoms with Gasteiger partial charge in [0, 0.05) is 30.6 Å². The standard InChI is InChI=1S/C20H26N2O4S/c1-24-15-7-8-19(25-2)18(11-15)21-20(23)14-22(12-16-5-3-9-26-16)13-17-6-4-10-27-17/h4,6-8,10-11,16H,3,5,9,12-14H2,1-2H3,(H,21,23)/t16-/m1/s1. The maximum Gasteiger partial charge on any atom is 0.238 e. The Morgan fingerprint density at radius 1 is 1.33 bits per heavy atom. The number of rotatable bonds is 9.